The third-order valence-electron chi connectivity index (χ3n) is 3.91. The number of benzene rings is 1. The first-order chi connectivity index (χ1) is 10.7. The second kappa shape index (κ2) is 12.7. The Morgan fingerprint density at radius 1 is 0.864 bits per heavy atom. The van der Waals surface area contributed by atoms with Gasteiger partial charge in [0.05, 0.1) is 0 Å². The van der Waals surface area contributed by atoms with E-state index in [4.69, 9.17) is 0 Å². The first-order valence-corrected chi connectivity index (χ1v) is 9.59. The van der Waals surface area contributed by atoms with Gasteiger partial charge in [0.15, 0.2) is 0 Å². The number of unbranched alkanes of at least 4 members (excludes halogenated alkanes) is 9. The standard InChI is InChI=1S/C18H30O3S/c1-2-3-4-5-6-7-8-9-10-11-12-17-13-15-18(16-14-17)21-22(19)20/h13-16H,2-12H2,1H3,(H,19,20)/p-1. The molecule has 0 heterocycles. The van der Waals surface area contributed by atoms with Gasteiger partial charge in [-0.1, -0.05) is 76.8 Å². The van der Waals surface area contributed by atoms with Crippen LogP contribution in [0.25, 0.3) is 0 Å². The molecule has 1 atom stereocenters. The van der Waals surface area contributed by atoms with Crippen LogP contribution in [0.2, 0.25) is 0 Å². The van der Waals surface area contributed by atoms with Crippen LogP contribution in [-0.2, 0) is 17.8 Å². The molecule has 0 aromatic heterocycles. The van der Waals surface area contributed by atoms with Crippen LogP contribution in [0.4, 0.5) is 0 Å². The zero-order valence-electron chi connectivity index (χ0n) is 13.7. The molecule has 1 rings (SSSR count). The number of hydrogen-bond acceptors (Lipinski definition) is 3. The van der Waals surface area contributed by atoms with E-state index in [0.717, 1.165) is 6.42 Å². The van der Waals surface area contributed by atoms with Gasteiger partial charge in [-0.25, -0.2) is 4.21 Å². The molecule has 22 heavy (non-hydrogen) atoms. The predicted molar refractivity (Wildman–Crippen MR) is 91.5 cm³/mol. The zero-order chi connectivity index (χ0) is 16.0. The first kappa shape index (κ1) is 19.2. The summed E-state index contributed by atoms with van der Waals surface area (Å²) in [6.07, 6.45) is 14.5. The van der Waals surface area contributed by atoms with E-state index in [2.05, 4.69) is 11.1 Å². The third-order valence-corrected chi connectivity index (χ3v) is 4.24. The van der Waals surface area contributed by atoms with E-state index in [1.165, 1.54) is 69.8 Å². The highest BCUT2D eigenvalue weighted by atomic mass is 32.2. The lowest BCUT2D eigenvalue weighted by atomic mass is 10.0. The SMILES string of the molecule is CCCCCCCCCCCCc1ccc(OS(=O)[O-])cc1. The van der Waals surface area contributed by atoms with Gasteiger partial charge in [-0.3, -0.25) is 0 Å². The highest BCUT2D eigenvalue weighted by Crippen LogP contribution is 2.16. The van der Waals surface area contributed by atoms with Gasteiger partial charge in [-0.05, 0) is 30.5 Å². The fraction of sp³-hybridized carbons (Fsp3) is 0.667. The monoisotopic (exact) mass is 325 g/mol. The Kier molecular flexibility index (Phi) is 11.0. The van der Waals surface area contributed by atoms with Gasteiger partial charge in [0.1, 0.15) is 17.1 Å². The van der Waals surface area contributed by atoms with Crippen LogP contribution < -0.4 is 4.18 Å². The Balaban J connectivity index is 1.99. The molecule has 1 aromatic rings. The highest BCUT2D eigenvalue weighted by molar-refractivity contribution is 7.74. The van der Waals surface area contributed by atoms with Crippen molar-refractivity contribution in [1.82, 2.24) is 0 Å². The van der Waals surface area contributed by atoms with Crippen molar-refractivity contribution in [3.05, 3.63) is 29.8 Å². The van der Waals surface area contributed by atoms with E-state index in [9.17, 15) is 8.76 Å². The summed E-state index contributed by atoms with van der Waals surface area (Å²) in [5.41, 5.74) is 1.24. The van der Waals surface area contributed by atoms with Gasteiger partial charge in [0.2, 0.25) is 0 Å². The number of hydrogen-bond donors (Lipinski definition) is 0. The summed E-state index contributed by atoms with van der Waals surface area (Å²) < 4.78 is 25.4. The molecule has 126 valence electrons. The maximum atomic E-state index is 10.4. The summed E-state index contributed by atoms with van der Waals surface area (Å²) in [4.78, 5) is 0. The second-order valence-corrected chi connectivity index (χ2v) is 6.44. The van der Waals surface area contributed by atoms with E-state index in [1.807, 2.05) is 12.1 Å². The maximum Gasteiger partial charge on any atom is 0.139 e. The molecule has 1 unspecified atom stereocenters. The minimum absolute atomic E-state index is 0.375. The lowest BCUT2D eigenvalue weighted by Crippen LogP contribution is -1.97. The van der Waals surface area contributed by atoms with Crippen LogP contribution >= 0.6 is 0 Å². The molecule has 4 heteroatoms. The molecule has 0 spiro atoms. The Morgan fingerprint density at radius 3 is 1.86 bits per heavy atom. The molecule has 0 saturated heterocycles. The number of aryl methyl sites for hydroxylation is 1. The molecule has 0 bridgehead atoms. The fourth-order valence-corrected chi connectivity index (χ4v) is 2.88. The van der Waals surface area contributed by atoms with Crippen molar-refractivity contribution < 1.29 is 12.9 Å². The van der Waals surface area contributed by atoms with Crippen LogP contribution in [0, 0.1) is 0 Å². The summed E-state index contributed by atoms with van der Waals surface area (Å²) >= 11 is -2.49. The Bertz CT molecular complexity index is 403. The van der Waals surface area contributed by atoms with E-state index in [1.54, 1.807) is 12.1 Å². The summed E-state index contributed by atoms with van der Waals surface area (Å²) in [6, 6.07) is 7.30. The molecular weight excluding hydrogens is 296 g/mol. The van der Waals surface area contributed by atoms with Gasteiger partial charge in [0, 0.05) is 0 Å². The molecular formula is C18H29O3S-. The van der Waals surface area contributed by atoms with E-state index < -0.39 is 11.4 Å². The van der Waals surface area contributed by atoms with Gasteiger partial charge in [-0.15, -0.1) is 0 Å². The molecule has 0 radical (unpaired) electrons. The minimum atomic E-state index is -2.49. The molecule has 0 aliphatic rings. The Labute approximate surface area is 138 Å². The zero-order valence-corrected chi connectivity index (χ0v) is 14.5. The predicted octanol–water partition coefficient (Wildman–Crippen LogP) is 5.32. The highest BCUT2D eigenvalue weighted by Gasteiger charge is 1.97. The quantitative estimate of drug-likeness (QED) is 0.364. The van der Waals surface area contributed by atoms with Crippen LogP contribution in [0.1, 0.15) is 76.7 Å². The molecule has 0 aliphatic carbocycles. The smallest absolute Gasteiger partial charge is 0.139 e. The van der Waals surface area contributed by atoms with Crippen molar-refractivity contribution in [2.24, 2.45) is 0 Å². The third kappa shape index (κ3) is 9.96. The van der Waals surface area contributed by atoms with Crippen LogP contribution in [0.5, 0.6) is 5.75 Å². The number of rotatable bonds is 13. The normalized spacial score (nSPS) is 12.3. The van der Waals surface area contributed by atoms with Crippen LogP contribution in [0.15, 0.2) is 24.3 Å². The summed E-state index contributed by atoms with van der Waals surface area (Å²) in [5, 5.41) is 0. The Morgan fingerprint density at radius 2 is 1.36 bits per heavy atom. The fourth-order valence-electron chi connectivity index (χ4n) is 2.61. The largest absolute Gasteiger partial charge is 0.740 e. The molecule has 1 aromatic carbocycles. The van der Waals surface area contributed by atoms with Gasteiger partial charge in [0.25, 0.3) is 0 Å². The minimum Gasteiger partial charge on any atom is -0.740 e. The van der Waals surface area contributed by atoms with Gasteiger partial charge < -0.3 is 8.74 Å². The van der Waals surface area contributed by atoms with Gasteiger partial charge in [-0.2, -0.15) is 0 Å². The lowest BCUT2D eigenvalue weighted by molar-refractivity contribution is 0.440. The summed E-state index contributed by atoms with van der Waals surface area (Å²) in [6.45, 7) is 2.26. The van der Waals surface area contributed by atoms with Crippen molar-refractivity contribution >= 4 is 11.4 Å². The van der Waals surface area contributed by atoms with Crippen LogP contribution in [-0.4, -0.2) is 8.76 Å². The summed E-state index contributed by atoms with van der Waals surface area (Å²) in [5.74, 6) is 0.375. The summed E-state index contributed by atoms with van der Waals surface area (Å²) in [7, 11) is 0. The second-order valence-electron chi connectivity index (χ2n) is 5.86. The topological polar surface area (TPSA) is 49.4 Å². The lowest BCUT2D eigenvalue weighted by Gasteiger charge is -2.07. The van der Waals surface area contributed by atoms with Crippen molar-refractivity contribution in [1.29, 1.82) is 0 Å². The van der Waals surface area contributed by atoms with Crippen molar-refractivity contribution in [2.45, 2.75) is 77.6 Å². The molecule has 0 aliphatic heterocycles. The van der Waals surface area contributed by atoms with Crippen molar-refractivity contribution in [3.63, 3.8) is 0 Å². The average Bonchev–Trinajstić information content (AvgIpc) is 2.50. The van der Waals surface area contributed by atoms with E-state index >= 15 is 0 Å². The van der Waals surface area contributed by atoms with Crippen molar-refractivity contribution in [3.8, 4) is 5.75 Å². The molecule has 3 nitrogen and oxygen atoms in total. The first-order valence-electron chi connectivity index (χ1n) is 8.59. The maximum absolute atomic E-state index is 10.4. The molecule has 0 N–H and O–H groups in total. The van der Waals surface area contributed by atoms with Crippen molar-refractivity contribution in [2.75, 3.05) is 0 Å². The Hall–Kier alpha value is -0.870. The average molecular weight is 325 g/mol. The molecule has 0 saturated carbocycles. The van der Waals surface area contributed by atoms with Gasteiger partial charge >= 0.3 is 0 Å². The van der Waals surface area contributed by atoms with E-state index in [0.29, 0.717) is 5.75 Å². The van der Waals surface area contributed by atoms with Crippen LogP contribution in [0.3, 0.4) is 0 Å². The molecule has 0 fully saturated rings. The molecule has 0 amide bonds. The van der Waals surface area contributed by atoms with E-state index in [-0.39, 0.29) is 0 Å².